The lowest BCUT2D eigenvalue weighted by molar-refractivity contribution is -0.130. The van der Waals surface area contributed by atoms with Crippen molar-refractivity contribution in [2.24, 2.45) is 0 Å². The molecular formula is C22H35BrN2O2. The third-order valence-corrected chi connectivity index (χ3v) is 6.25. The zero-order valence-electron chi connectivity index (χ0n) is 17.1. The van der Waals surface area contributed by atoms with Gasteiger partial charge in [0, 0.05) is 32.3 Å². The Morgan fingerprint density at radius 3 is 2.33 bits per heavy atom. The number of ether oxygens (including phenoxy) is 1. The molecule has 1 aliphatic carbocycles. The molecule has 0 unspecified atom stereocenters. The van der Waals surface area contributed by atoms with Gasteiger partial charge in [-0.25, -0.2) is 0 Å². The van der Waals surface area contributed by atoms with Crippen LogP contribution in [0.2, 0.25) is 0 Å². The monoisotopic (exact) mass is 438 g/mol. The van der Waals surface area contributed by atoms with Crippen LogP contribution in [0.4, 0.5) is 0 Å². The average molecular weight is 439 g/mol. The summed E-state index contributed by atoms with van der Waals surface area (Å²) in [4.78, 5) is 15.7. The Labute approximate surface area is 174 Å². The molecule has 27 heavy (non-hydrogen) atoms. The van der Waals surface area contributed by atoms with Crippen molar-refractivity contribution in [1.29, 1.82) is 0 Å². The van der Waals surface area contributed by atoms with Crippen LogP contribution in [0, 0.1) is 13.8 Å². The number of carbonyl (C=O) groups is 1. The van der Waals surface area contributed by atoms with Gasteiger partial charge in [0.1, 0.15) is 0 Å². The van der Waals surface area contributed by atoms with Crippen LogP contribution in [0.15, 0.2) is 18.2 Å². The summed E-state index contributed by atoms with van der Waals surface area (Å²) in [5.41, 5.74) is 3.15. The molecule has 1 N–H and O–H groups in total. The third kappa shape index (κ3) is 5.33. The van der Waals surface area contributed by atoms with E-state index in [2.05, 4.69) is 49.3 Å². The molecule has 1 aromatic carbocycles. The smallest absolute Gasteiger partial charge is 0.230 e. The summed E-state index contributed by atoms with van der Waals surface area (Å²) in [7, 11) is 2.19. The number of amides is 1. The first-order valence-corrected chi connectivity index (χ1v) is 10.2. The molecule has 5 heteroatoms. The third-order valence-electron chi connectivity index (χ3n) is 6.25. The topological polar surface area (TPSA) is 41.6 Å². The van der Waals surface area contributed by atoms with Crippen LogP contribution >= 0.6 is 17.0 Å². The van der Waals surface area contributed by atoms with E-state index in [0.29, 0.717) is 19.3 Å². The maximum absolute atomic E-state index is 13.3. The van der Waals surface area contributed by atoms with E-state index in [1.54, 1.807) is 0 Å². The van der Waals surface area contributed by atoms with E-state index in [4.69, 9.17) is 4.74 Å². The van der Waals surface area contributed by atoms with E-state index >= 15 is 0 Å². The Bertz CT molecular complexity index is 602. The molecule has 152 valence electrons. The Morgan fingerprint density at radius 1 is 1.15 bits per heavy atom. The van der Waals surface area contributed by atoms with Crippen molar-refractivity contribution in [3.05, 3.63) is 34.9 Å². The van der Waals surface area contributed by atoms with Crippen LogP contribution in [-0.2, 0) is 14.9 Å². The standard InChI is InChI=1S/C22H34N2O2.BrH/c1-17-14-18(2)16-19(15-17)22(8-12-26-13-9-22)21(25)23-10-11-24(3)20-6-4-5-7-20;/h14-16,20H,4-13H2,1-3H3,(H,23,25);1H. The van der Waals surface area contributed by atoms with Gasteiger partial charge in [-0.3, -0.25) is 4.79 Å². The number of hydrogen-bond acceptors (Lipinski definition) is 3. The molecule has 0 spiro atoms. The van der Waals surface area contributed by atoms with Crippen molar-refractivity contribution in [1.82, 2.24) is 10.2 Å². The Kier molecular flexibility index (Phi) is 8.32. The number of nitrogens with one attached hydrogen (secondary N) is 1. The summed E-state index contributed by atoms with van der Waals surface area (Å²) in [6.07, 6.45) is 6.82. The highest BCUT2D eigenvalue weighted by Crippen LogP contribution is 2.36. The molecular weight excluding hydrogens is 404 g/mol. The summed E-state index contributed by atoms with van der Waals surface area (Å²) in [5.74, 6) is 0.172. The van der Waals surface area contributed by atoms with E-state index in [1.807, 2.05) is 0 Å². The lowest BCUT2D eigenvalue weighted by Crippen LogP contribution is -2.49. The average Bonchev–Trinajstić information content (AvgIpc) is 3.16. The van der Waals surface area contributed by atoms with Gasteiger partial charge < -0.3 is 15.0 Å². The van der Waals surface area contributed by atoms with E-state index in [1.165, 1.54) is 36.8 Å². The molecule has 1 aliphatic heterocycles. The highest BCUT2D eigenvalue weighted by molar-refractivity contribution is 8.93. The fourth-order valence-corrected chi connectivity index (χ4v) is 4.66. The summed E-state index contributed by atoms with van der Waals surface area (Å²) in [6.45, 7) is 7.18. The molecule has 1 heterocycles. The van der Waals surface area contributed by atoms with Gasteiger partial charge in [-0.05, 0) is 52.1 Å². The van der Waals surface area contributed by atoms with Crippen LogP contribution in [-0.4, -0.2) is 50.2 Å². The van der Waals surface area contributed by atoms with Crippen molar-refractivity contribution in [3.63, 3.8) is 0 Å². The Balaban J connectivity index is 0.00000261. The SMILES string of the molecule is Br.Cc1cc(C)cc(C2(C(=O)NCCN(C)C3CCCC3)CCOCC2)c1. The maximum Gasteiger partial charge on any atom is 0.230 e. The predicted molar refractivity (Wildman–Crippen MR) is 116 cm³/mol. The van der Waals surface area contributed by atoms with E-state index < -0.39 is 5.41 Å². The highest BCUT2D eigenvalue weighted by atomic mass is 79.9. The molecule has 0 aromatic heterocycles. The number of likely N-dealkylation sites (N-methyl/N-ethyl adjacent to an activating group) is 1. The first-order chi connectivity index (χ1) is 12.5. The van der Waals surface area contributed by atoms with Crippen LogP contribution in [0.1, 0.15) is 55.2 Å². The van der Waals surface area contributed by atoms with Gasteiger partial charge in [0.2, 0.25) is 5.91 Å². The zero-order valence-corrected chi connectivity index (χ0v) is 18.8. The van der Waals surface area contributed by atoms with Crippen LogP contribution in [0.25, 0.3) is 0 Å². The molecule has 1 amide bonds. The summed E-state index contributed by atoms with van der Waals surface area (Å²) < 4.78 is 5.58. The van der Waals surface area contributed by atoms with Gasteiger partial charge in [-0.1, -0.05) is 42.2 Å². The fraction of sp³-hybridized carbons (Fsp3) is 0.682. The number of benzene rings is 1. The van der Waals surface area contributed by atoms with Crippen molar-refractivity contribution < 1.29 is 9.53 Å². The minimum Gasteiger partial charge on any atom is -0.381 e. The molecule has 1 aromatic rings. The van der Waals surface area contributed by atoms with E-state index in [9.17, 15) is 4.79 Å². The van der Waals surface area contributed by atoms with Gasteiger partial charge in [0.25, 0.3) is 0 Å². The van der Waals surface area contributed by atoms with Gasteiger partial charge in [0.05, 0.1) is 5.41 Å². The quantitative estimate of drug-likeness (QED) is 0.731. The van der Waals surface area contributed by atoms with Crippen LogP contribution < -0.4 is 5.32 Å². The normalized spacial score (nSPS) is 19.7. The summed E-state index contributed by atoms with van der Waals surface area (Å²) in [5, 5.41) is 3.25. The summed E-state index contributed by atoms with van der Waals surface area (Å²) in [6, 6.07) is 7.24. The van der Waals surface area contributed by atoms with Crippen LogP contribution in [0.5, 0.6) is 0 Å². The second-order valence-electron chi connectivity index (χ2n) is 8.25. The lowest BCUT2D eigenvalue weighted by Gasteiger charge is -2.37. The van der Waals surface area contributed by atoms with Crippen molar-refractivity contribution >= 4 is 22.9 Å². The number of carbonyl (C=O) groups excluding carboxylic acids is 1. The first-order valence-electron chi connectivity index (χ1n) is 10.2. The second-order valence-corrected chi connectivity index (χ2v) is 8.25. The number of nitrogens with zero attached hydrogens (tertiary/aromatic N) is 1. The summed E-state index contributed by atoms with van der Waals surface area (Å²) >= 11 is 0. The number of hydrogen-bond donors (Lipinski definition) is 1. The Hall–Kier alpha value is -0.910. The van der Waals surface area contributed by atoms with Crippen LogP contribution in [0.3, 0.4) is 0 Å². The Morgan fingerprint density at radius 2 is 1.74 bits per heavy atom. The minimum atomic E-state index is -0.443. The molecule has 1 saturated heterocycles. The molecule has 0 atom stereocenters. The molecule has 4 nitrogen and oxygen atoms in total. The van der Waals surface area contributed by atoms with E-state index in [0.717, 1.165) is 31.5 Å². The fourth-order valence-electron chi connectivity index (χ4n) is 4.66. The van der Waals surface area contributed by atoms with Gasteiger partial charge in [0.15, 0.2) is 0 Å². The number of rotatable bonds is 6. The van der Waals surface area contributed by atoms with Gasteiger partial charge in [-0.15, -0.1) is 17.0 Å². The first kappa shape index (κ1) is 22.4. The maximum atomic E-state index is 13.3. The molecule has 0 bridgehead atoms. The van der Waals surface area contributed by atoms with Gasteiger partial charge in [-0.2, -0.15) is 0 Å². The molecule has 3 rings (SSSR count). The minimum absolute atomic E-state index is 0. The molecule has 1 saturated carbocycles. The molecule has 2 fully saturated rings. The highest BCUT2D eigenvalue weighted by Gasteiger charge is 2.41. The second kappa shape index (κ2) is 10.0. The van der Waals surface area contributed by atoms with Crippen molar-refractivity contribution in [3.8, 4) is 0 Å². The molecule has 0 radical (unpaired) electrons. The predicted octanol–water partition coefficient (Wildman–Crippen LogP) is 3.92. The van der Waals surface area contributed by atoms with E-state index in [-0.39, 0.29) is 22.9 Å². The number of halogens is 1. The van der Waals surface area contributed by atoms with Gasteiger partial charge >= 0.3 is 0 Å². The zero-order chi connectivity index (χ0) is 18.6. The molecule has 2 aliphatic rings. The van der Waals surface area contributed by atoms with Crippen molar-refractivity contribution in [2.45, 2.75) is 63.8 Å². The number of aryl methyl sites for hydroxylation is 2. The lowest BCUT2D eigenvalue weighted by atomic mass is 9.72. The largest absolute Gasteiger partial charge is 0.381 e. The van der Waals surface area contributed by atoms with Crippen molar-refractivity contribution in [2.75, 3.05) is 33.4 Å².